The zero-order chi connectivity index (χ0) is 20.4. The number of amides is 2. The molecule has 0 bridgehead atoms. The summed E-state index contributed by atoms with van der Waals surface area (Å²) in [7, 11) is 0. The van der Waals surface area contributed by atoms with Crippen molar-refractivity contribution >= 4 is 11.8 Å². The van der Waals surface area contributed by atoms with Gasteiger partial charge in [0.1, 0.15) is 5.69 Å². The first kappa shape index (κ1) is 19.7. The fraction of sp³-hybridized carbons (Fsp3) is 0.522. The number of hydrogen-bond acceptors (Lipinski definition) is 3. The Morgan fingerprint density at radius 1 is 1.10 bits per heavy atom. The maximum absolute atomic E-state index is 13.2. The number of nitrogens with zero attached hydrogens (tertiary/aromatic N) is 3. The van der Waals surface area contributed by atoms with Gasteiger partial charge in [0, 0.05) is 19.6 Å². The predicted molar refractivity (Wildman–Crippen MR) is 112 cm³/mol. The van der Waals surface area contributed by atoms with Gasteiger partial charge >= 0.3 is 0 Å². The maximum atomic E-state index is 13.2. The molecule has 154 valence electrons. The first-order valence-electron chi connectivity index (χ1n) is 10.8. The SMILES string of the molecule is CC1CCN(C(=O)c2nc(C(=O)NC(C)c3ccccc3)c3n2CCCC3)CC1. The molecule has 2 amide bonds. The molecule has 2 aliphatic heterocycles. The summed E-state index contributed by atoms with van der Waals surface area (Å²) >= 11 is 0. The van der Waals surface area contributed by atoms with Crippen molar-refractivity contribution in [2.45, 2.75) is 58.5 Å². The minimum absolute atomic E-state index is 0.0322. The monoisotopic (exact) mass is 394 g/mol. The van der Waals surface area contributed by atoms with Gasteiger partial charge in [0.2, 0.25) is 0 Å². The molecule has 0 spiro atoms. The molecule has 0 saturated carbocycles. The Labute approximate surface area is 172 Å². The second kappa shape index (κ2) is 8.39. The van der Waals surface area contributed by atoms with Gasteiger partial charge in [-0.2, -0.15) is 0 Å². The first-order chi connectivity index (χ1) is 14.0. The van der Waals surface area contributed by atoms with Gasteiger partial charge in [0.25, 0.3) is 11.8 Å². The zero-order valence-corrected chi connectivity index (χ0v) is 17.4. The standard InChI is InChI=1S/C23H30N4O2/c1-16-11-14-26(15-12-16)23(29)21-25-20(19-10-6-7-13-27(19)21)22(28)24-17(2)18-8-4-3-5-9-18/h3-5,8-9,16-17H,6-7,10-15H2,1-2H3,(H,24,28). The zero-order valence-electron chi connectivity index (χ0n) is 17.4. The van der Waals surface area contributed by atoms with E-state index in [4.69, 9.17) is 0 Å². The van der Waals surface area contributed by atoms with Gasteiger partial charge < -0.3 is 14.8 Å². The minimum atomic E-state index is -0.196. The lowest BCUT2D eigenvalue weighted by Crippen LogP contribution is -2.39. The van der Waals surface area contributed by atoms with Crippen LogP contribution in [-0.2, 0) is 13.0 Å². The van der Waals surface area contributed by atoms with Crippen LogP contribution >= 0.6 is 0 Å². The lowest BCUT2D eigenvalue weighted by atomic mass is 9.99. The summed E-state index contributed by atoms with van der Waals surface area (Å²) in [5.41, 5.74) is 2.37. The lowest BCUT2D eigenvalue weighted by molar-refractivity contribution is 0.0678. The number of benzene rings is 1. The van der Waals surface area contributed by atoms with E-state index in [1.54, 1.807) is 0 Å². The molecule has 1 aromatic carbocycles. The molecule has 2 aromatic rings. The number of nitrogens with one attached hydrogen (secondary N) is 1. The molecule has 1 atom stereocenters. The van der Waals surface area contributed by atoms with E-state index in [-0.39, 0.29) is 17.9 Å². The normalized spacial score (nSPS) is 18.2. The quantitative estimate of drug-likeness (QED) is 0.862. The number of carbonyl (C=O) groups is 2. The van der Waals surface area contributed by atoms with Gasteiger partial charge in [-0.1, -0.05) is 37.3 Å². The molecule has 1 unspecified atom stereocenters. The summed E-state index contributed by atoms with van der Waals surface area (Å²) in [6, 6.07) is 9.77. The number of aromatic nitrogens is 2. The Balaban J connectivity index is 1.57. The molecule has 1 saturated heterocycles. The Morgan fingerprint density at radius 2 is 1.83 bits per heavy atom. The molecule has 0 aliphatic carbocycles. The Hall–Kier alpha value is -2.63. The molecule has 1 aromatic heterocycles. The molecule has 29 heavy (non-hydrogen) atoms. The third-order valence-corrected chi connectivity index (χ3v) is 6.24. The van der Waals surface area contributed by atoms with Crippen LogP contribution in [0.5, 0.6) is 0 Å². The Morgan fingerprint density at radius 3 is 2.55 bits per heavy atom. The van der Waals surface area contributed by atoms with Gasteiger partial charge in [-0.25, -0.2) is 4.98 Å². The van der Waals surface area contributed by atoms with E-state index in [1.165, 1.54) is 0 Å². The van der Waals surface area contributed by atoms with Crippen molar-refractivity contribution in [3.8, 4) is 0 Å². The highest BCUT2D eigenvalue weighted by Gasteiger charge is 2.31. The van der Waals surface area contributed by atoms with Crippen LogP contribution in [0.4, 0.5) is 0 Å². The van der Waals surface area contributed by atoms with E-state index >= 15 is 0 Å². The fourth-order valence-electron chi connectivity index (χ4n) is 4.33. The number of rotatable bonds is 4. The van der Waals surface area contributed by atoms with E-state index in [0.29, 0.717) is 17.4 Å². The van der Waals surface area contributed by atoms with Gasteiger partial charge in [0.05, 0.1) is 11.7 Å². The lowest BCUT2D eigenvalue weighted by Gasteiger charge is -2.30. The van der Waals surface area contributed by atoms with E-state index in [1.807, 2.05) is 46.7 Å². The third-order valence-electron chi connectivity index (χ3n) is 6.24. The highest BCUT2D eigenvalue weighted by atomic mass is 16.2. The molecule has 4 rings (SSSR count). The molecule has 6 heteroatoms. The highest BCUT2D eigenvalue weighted by Crippen LogP contribution is 2.24. The molecule has 1 N–H and O–H groups in total. The number of piperidine rings is 1. The number of hydrogen-bond donors (Lipinski definition) is 1. The van der Waals surface area contributed by atoms with Crippen LogP contribution in [-0.4, -0.2) is 39.4 Å². The van der Waals surface area contributed by atoms with Crippen molar-refractivity contribution in [3.05, 3.63) is 53.1 Å². The van der Waals surface area contributed by atoms with Crippen molar-refractivity contribution in [3.63, 3.8) is 0 Å². The number of fused-ring (bicyclic) bond motifs is 1. The number of likely N-dealkylation sites (tertiary alicyclic amines) is 1. The van der Waals surface area contributed by atoms with E-state index in [2.05, 4.69) is 17.2 Å². The number of imidazole rings is 1. The van der Waals surface area contributed by atoms with Crippen LogP contribution in [0.25, 0.3) is 0 Å². The second-order valence-corrected chi connectivity index (χ2v) is 8.42. The summed E-state index contributed by atoms with van der Waals surface area (Å²) in [6.07, 6.45) is 4.89. The maximum Gasteiger partial charge on any atom is 0.289 e. The Bertz CT molecular complexity index is 882. The molecular formula is C23H30N4O2. The fourth-order valence-corrected chi connectivity index (χ4v) is 4.33. The van der Waals surface area contributed by atoms with Crippen molar-refractivity contribution < 1.29 is 9.59 Å². The predicted octanol–water partition coefficient (Wildman–Crippen LogP) is 3.58. The van der Waals surface area contributed by atoms with E-state index in [9.17, 15) is 9.59 Å². The van der Waals surface area contributed by atoms with E-state index in [0.717, 1.165) is 63.0 Å². The van der Waals surface area contributed by atoms with Crippen molar-refractivity contribution in [2.24, 2.45) is 5.92 Å². The smallest absolute Gasteiger partial charge is 0.289 e. The highest BCUT2D eigenvalue weighted by molar-refractivity contribution is 5.97. The van der Waals surface area contributed by atoms with Gasteiger partial charge in [-0.3, -0.25) is 9.59 Å². The largest absolute Gasteiger partial charge is 0.344 e. The summed E-state index contributed by atoms with van der Waals surface area (Å²) in [4.78, 5) is 32.7. The molecular weight excluding hydrogens is 364 g/mol. The average molecular weight is 395 g/mol. The molecule has 2 aliphatic rings. The molecule has 3 heterocycles. The van der Waals surface area contributed by atoms with Gasteiger partial charge in [-0.15, -0.1) is 0 Å². The average Bonchev–Trinajstić information content (AvgIpc) is 3.14. The van der Waals surface area contributed by atoms with E-state index < -0.39 is 0 Å². The third kappa shape index (κ3) is 4.07. The van der Waals surface area contributed by atoms with Crippen LogP contribution < -0.4 is 5.32 Å². The summed E-state index contributed by atoms with van der Waals surface area (Å²) in [6.45, 7) is 6.50. The summed E-state index contributed by atoms with van der Waals surface area (Å²) < 4.78 is 1.99. The second-order valence-electron chi connectivity index (χ2n) is 8.42. The van der Waals surface area contributed by atoms with Gasteiger partial charge in [0.15, 0.2) is 5.82 Å². The van der Waals surface area contributed by atoms with Crippen molar-refractivity contribution in [1.82, 2.24) is 19.8 Å². The summed E-state index contributed by atoms with van der Waals surface area (Å²) in [5.74, 6) is 0.870. The van der Waals surface area contributed by atoms with Gasteiger partial charge in [-0.05, 0) is 50.5 Å². The van der Waals surface area contributed by atoms with Crippen LogP contribution in [0.2, 0.25) is 0 Å². The number of carbonyl (C=O) groups excluding carboxylic acids is 2. The molecule has 6 nitrogen and oxygen atoms in total. The van der Waals surface area contributed by atoms with Crippen LogP contribution in [0.15, 0.2) is 30.3 Å². The van der Waals surface area contributed by atoms with Crippen molar-refractivity contribution in [1.29, 1.82) is 0 Å². The first-order valence-corrected chi connectivity index (χ1v) is 10.8. The van der Waals surface area contributed by atoms with Crippen molar-refractivity contribution in [2.75, 3.05) is 13.1 Å². The Kier molecular flexibility index (Phi) is 5.69. The molecule has 0 radical (unpaired) electrons. The molecule has 1 fully saturated rings. The van der Waals surface area contributed by atoms with Crippen LogP contribution in [0.3, 0.4) is 0 Å². The van der Waals surface area contributed by atoms with Crippen LogP contribution in [0, 0.1) is 5.92 Å². The van der Waals surface area contributed by atoms with Crippen LogP contribution in [0.1, 0.15) is 77.9 Å². The summed E-state index contributed by atoms with van der Waals surface area (Å²) in [5, 5.41) is 3.06. The topological polar surface area (TPSA) is 67.2 Å². The minimum Gasteiger partial charge on any atom is -0.344 e.